The van der Waals surface area contributed by atoms with Crippen molar-refractivity contribution < 1.29 is 9.53 Å². The van der Waals surface area contributed by atoms with Gasteiger partial charge in [-0.1, -0.05) is 6.92 Å². The summed E-state index contributed by atoms with van der Waals surface area (Å²) in [7, 11) is 2.23. The van der Waals surface area contributed by atoms with Gasteiger partial charge in [0.25, 0.3) is 5.91 Å². The molecule has 1 heterocycles. The minimum Gasteiger partial charge on any atom is -0.490 e. The molecule has 1 aromatic rings. The average molecular weight is 357 g/mol. The minimum atomic E-state index is -0.0346. The average Bonchev–Trinajstić information content (AvgIpc) is 2.96. The van der Waals surface area contributed by atoms with Gasteiger partial charge in [0.2, 0.25) is 0 Å². The molecule has 5 heteroatoms. The van der Waals surface area contributed by atoms with Crippen LogP contribution < -0.4 is 15.8 Å². The number of nitrogens with zero attached hydrogens (tertiary/aromatic N) is 1. The number of carbonyl (C=O) groups excluding carboxylic acids is 1. The Morgan fingerprint density at radius 2 is 2.23 bits per heavy atom. The molecule has 142 valence electrons. The molecule has 5 nitrogen and oxygen atoms in total. The zero-order valence-corrected chi connectivity index (χ0v) is 16.3. The van der Waals surface area contributed by atoms with Crippen LogP contribution in [0.4, 0.5) is 5.69 Å². The lowest BCUT2D eigenvalue weighted by Crippen LogP contribution is -2.73. The van der Waals surface area contributed by atoms with Crippen molar-refractivity contribution in [2.45, 2.75) is 77.1 Å². The summed E-state index contributed by atoms with van der Waals surface area (Å²) in [6.07, 6.45) is 5.76. The third-order valence-corrected chi connectivity index (χ3v) is 7.18. The van der Waals surface area contributed by atoms with E-state index in [2.05, 4.69) is 24.2 Å². The van der Waals surface area contributed by atoms with E-state index in [1.807, 2.05) is 19.9 Å². The monoisotopic (exact) mass is 357 g/mol. The number of aryl methyl sites for hydroxylation is 1. The first kappa shape index (κ1) is 17.7. The Balaban J connectivity index is 1.50. The fourth-order valence-corrected chi connectivity index (χ4v) is 5.42. The minimum absolute atomic E-state index is 0.0346. The number of amides is 1. The largest absolute Gasteiger partial charge is 0.490 e. The number of nitrogens with one attached hydrogen (secondary N) is 1. The molecule has 0 bridgehead atoms. The quantitative estimate of drug-likeness (QED) is 0.795. The van der Waals surface area contributed by atoms with Crippen LogP contribution in [0.25, 0.3) is 0 Å². The summed E-state index contributed by atoms with van der Waals surface area (Å²) in [5.41, 5.74) is 8.72. The number of rotatable bonds is 5. The van der Waals surface area contributed by atoms with E-state index in [1.165, 1.54) is 12.8 Å². The molecule has 3 aliphatic rings. The topological polar surface area (TPSA) is 67.6 Å². The fraction of sp³-hybridized carbons (Fsp3) is 0.667. The molecule has 26 heavy (non-hydrogen) atoms. The van der Waals surface area contributed by atoms with Crippen LogP contribution in [0.1, 0.15) is 61.9 Å². The molecule has 2 saturated carbocycles. The van der Waals surface area contributed by atoms with E-state index in [0.29, 0.717) is 28.5 Å². The highest BCUT2D eigenvalue weighted by Crippen LogP contribution is 2.64. The van der Waals surface area contributed by atoms with Crippen molar-refractivity contribution in [3.8, 4) is 5.75 Å². The van der Waals surface area contributed by atoms with Gasteiger partial charge < -0.3 is 15.8 Å². The third kappa shape index (κ3) is 2.51. The molecule has 4 unspecified atom stereocenters. The molecule has 0 radical (unpaired) electrons. The summed E-state index contributed by atoms with van der Waals surface area (Å²) in [6.45, 7) is 6.01. The van der Waals surface area contributed by atoms with Crippen LogP contribution >= 0.6 is 0 Å². The van der Waals surface area contributed by atoms with Gasteiger partial charge in [0.1, 0.15) is 5.75 Å². The Morgan fingerprint density at radius 3 is 2.85 bits per heavy atom. The molecule has 0 aromatic heterocycles. The van der Waals surface area contributed by atoms with Gasteiger partial charge in [-0.3, -0.25) is 9.69 Å². The van der Waals surface area contributed by atoms with E-state index in [-0.39, 0.29) is 18.1 Å². The van der Waals surface area contributed by atoms with Crippen molar-refractivity contribution in [2.24, 2.45) is 5.41 Å². The van der Waals surface area contributed by atoms with Gasteiger partial charge in [-0.2, -0.15) is 0 Å². The molecule has 3 fully saturated rings. The molecule has 1 aliphatic heterocycles. The number of benzene rings is 1. The zero-order chi connectivity index (χ0) is 18.6. The Morgan fingerprint density at radius 1 is 1.46 bits per heavy atom. The Kier molecular flexibility index (Phi) is 4.18. The first-order chi connectivity index (χ1) is 12.4. The van der Waals surface area contributed by atoms with Gasteiger partial charge in [-0.05, 0) is 64.6 Å². The molecular formula is C21H31N3O2. The lowest BCUT2D eigenvalue weighted by Gasteiger charge is -2.67. The molecule has 2 aliphatic carbocycles. The van der Waals surface area contributed by atoms with Crippen LogP contribution in [-0.4, -0.2) is 42.1 Å². The van der Waals surface area contributed by atoms with Crippen LogP contribution in [0.3, 0.4) is 0 Å². The standard InChI is InChI=1S/C21H31N3O2/c1-5-13(3)26-17-10-16(22)12(2)8-15(17)20(25)23-14-9-19-21(11-14)7-6-18(21)24(19)4/h8,10,13-14,18-19H,5-7,9,11,22H2,1-4H3,(H,23,25)/t13?,14-,18?,19?,21?/m1/s1. The number of piperidine rings is 1. The normalized spacial score (nSPS) is 33.5. The van der Waals surface area contributed by atoms with Gasteiger partial charge in [0.05, 0.1) is 11.7 Å². The van der Waals surface area contributed by atoms with Crippen LogP contribution in [0.5, 0.6) is 5.75 Å². The second-order valence-electron chi connectivity index (χ2n) is 8.62. The number of carbonyl (C=O) groups is 1. The number of ether oxygens (including phenoxy) is 1. The van der Waals surface area contributed by atoms with Crippen LogP contribution in [0, 0.1) is 12.3 Å². The molecule has 1 aromatic carbocycles. The van der Waals surface area contributed by atoms with E-state index >= 15 is 0 Å². The molecule has 5 atom stereocenters. The lowest BCUT2D eigenvalue weighted by atomic mass is 9.54. The molecule has 1 amide bonds. The SMILES string of the molecule is CCC(C)Oc1cc(N)c(C)cc1C(=O)N[C@@H]1CC2N(C)C3CCC32C1. The lowest BCUT2D eigenvalue weighted by molar-refractivity contribution is -0.174. The molecule has 3 N–H and O–H groups in total. The second kappa shape index (κ2) is 6.15. The van der Waals surface area contributed by atoms with Gasteiger partial charge in [-0.25, -0.2) is 0 Å². The Bertz CT molecular complexity index is 734. The second-order valence-corrected chi connectivity index (χ2v) is 8.62. The van der Waals surface area contributed by atoms with Crippen molar-refractivity contribution in [3.05, 3.63) is 23.3 Å². The van der Waals surface area contributed by atoms with Crippen molar-refractivity contribution in [3.63, 3.8) is 0 Å². The van der Waals surface area contributed by atoms with E-state index in [4.69, 9.17) is 10.5 Å². The highest BCUT2D eigenvalue weighted by Gasteiger charge is 2.67. The van der Waals surface area contributed by atoms with Gasteiger partial charge in [-0.15, -0.1) is 0 Å². The number of nitrogen functional groups attached to an aromatic ring is 1. The van der Waals surface area contributed by atoms with Crippen molar-refractivity contribution >= 4 is 11.6 Å². The zero-order valence-electron chi connectivity index (χ0n) is 16.3. The predicted molar refractivity (Wildman–Crippen MR) is 103 cm³/mol. The van der Waals surface area contributed by atoms with E-state index < -0.39 is 0 Å². The van der Waals surface area contributed by atoms with Gasteiger partial charge >= 0.3 is 0 Å². The summed E-state index contributed by atoms with van der Waals surface area (Å²) in [4.78, 5) is 15.5. The molecule has 1 saturated heterocycles. The van der Waals surface area contributed by atoms with Crippen LogP contribution in [0.2, 0.25) is 0 Å². The van der Waals surface area contributed by atoms with E-state index in [1.54, 1.807) is 6.07 Å². The highest BCUT2D eigenvalue weighted by molar-refractivity contribution is 5.98. The number of hydrogen-bond donors (Lipinski definition) is 2. The van der Waals surface area contributed by atoms with Crippen molar-refractivity contribution in [1.29, 1.82) is 0 Å². The highest BCUT2D eigenvalue weighted by atomic mass is 16.5. The molecular weight excluding hydrogens is 326 g/mol. The first-order valence-electron chi connectivity index (χ1n) is 9.95. The third-order valence-electron chi connectivity index (χ3n) is 7.18. The Hall–Kier alpha value is -1.75. The van der Waals surface area contributed by atoms with E-state index in [9.17, 15) is 4.79 Å². The number of nitrogens with two attached hydrogens (primary N) is 1. The first-order valence-corrected chi connectivity index (χ1v) is 9.95. The van der Waals surface area contributed by atoms with Gasteiger partial charge in [0, 0.05) is 35.3 Å². The van der Waals surface area contributed by atoms with Crippen LogP contribution in [0.15, 0.2) is 12.1 Å². The maximum Gasteiger partial charge on any atom is 0.255 e. The summed E-state index contributed by atoms with van der Waals surface area (Å²) in [6, 6.07) is 5.31. The maximum atomic E-state index is 13.0. The maximum absolute atomic E-state index is 13.0. The van der Waals surface area contributed by atoms with E-state index in [0.717, 1.165) is 30.9 Å². The number of likely N-dealkylation sites (tertiary alicyclic amines) is 1. The van der Waals surface area contributed by atoms with Crippen molar-refractivity contribution in [2.75, 3.05) is 12.8 Å². The predicted octanol–water partition coefficient (Wildman–Crippen LogP) is 3.11. The van der Waals surface area contributed by atoms with Gasteiger partial charge in [0.15, 0.2) is 0 Å². The van der Waals surface area contributed by atoms with Crippen LogP contribution in [-0.2, 0) is 0 Å². The summed E-state index contributed by atoms with van der Waals surface area (Å²) in [5.74, 6) is 0.561. The summed E-state index contributed by atoms with van der Waals surface area (Å²) in [5, 5.41) is 3.29. The summed E-state index contributed by atoms with van der Waals surface area (Å²) < 4.78 is 5.99. The number of hydrogen-bond acceptors (Lipinski definition) is 4. The molecule has 4 rings (SSSR count). The number of anilines is 1. The fourth-order valence-electron chi connectivity index (χ4n) is 5.42. The Labute approximate surface area is 156 Å². The molecule has 1 spiro atoms. The smallest absolute Gasteiger partial charge is 0.255 e. The van der Waals surface area contributed by atoms with Crippen molar-refractivity contribution in [1.82, 2.24) is 10.2 Å². The summed E-state index contributed by atoms with van der Waals surface area (Å²) >= 11 is 0.